The highest BCUT2D eigenvalue weighted by molar-refractivity contribution is 5.78. The third-order valence-electron chi connectivity index (χ3n) is 4.04. The molecule has 0 aromatic carbocycles. The SMILES string of the molecule is CC(C)CN(Cc1ccco1)C(=O)CN1CCCN(C)CC1. The quantitative estimate of drug-likeness (QED) is 0.805. The topological polar surface area (TPSA) is 39.9 Å². The maximum absolute atomic E-state index is 12.7. The minimum absolute atomic E-state index is 0.203. The molecule has 0 saturated carbocycles. The van der Waals surface area contributed by atoms with Crippen molar-refractivity contribution in [2.24, 2.45) is 5.92 Å². The first kappa shape index (κ1) is 17.0. The summed E-state index contributed by atoms with van der Waals surface area (Å²) in [7, 11) is 2.15. The summed E-state index contributed by atoms with van der Waals surface area (Å²) in [6, 6.07) is 3.81. The maximum Gasteiger partial charge on any atom is 0.237 e. The van der Waals surface area contributed by atoms with E-state index in [2.05, 4.69) is 30.7 Å². The van der Waals surface area contributed by atoms with Gasteiger partial charge < -0.3 is 14.2 Å². The highest BCUT2D eigenvalue weighted by Crippen LogP contribution is 2.10. The van der Waals surface area contributed by atoms with Crippen LogP contribution in [0, 0.1) is 5.92 Å². The van der Waals surface area contributed by atoms with E-state index in [9.17, 15) is 4.79 Å². The van der Waals surface area contributed by atoms with Gasteiger partial charge in [-0.2, -0.15) is 0 Å². The molecule has 22 heavy (non-hydrogen) atoms. The number of nitrogens with zero attached hydrogens (tertiary/aromatic N) is 3. The van der Waals surface area contributed by atoms with Gasteiger partial charge in [0.05, 0.1) is 19.4 Å². The fourth-order valence-corrected chi connectivity index (χ4v) is 2.84. The van der Waals surface area contributed by atoms with Crippen LogP contribution >= 0.6 is 0 Å². The van der Waals surface area contributed by atoms with E-state index in [0.717, 1.165) is 44.9 Å². The Hall–Kier alpha value is -1.33. The Labute approximate surface area is 133 Å². The van der Waals surface area contributed by atoms with Crippen molar-refractivity contribution < 1.29 is 9.21 Å². The van der Waals surface area contributed by atoms with E-state index in [0.29, 0.717) is 19.0 Å². The second-order valence-corrected chi connectivity index (χ2v) is 6.68. The van der Waals surface area contributed by atoms with Gasteiger partial charge in [0, 0.05) is 19.6 Å². The minimum atomic E-state index is 0.203. The van der Waals surface area contributed by atoms with Crippen molar-refractivity contribution in [1.29, 1.82) is 0 Å². The normalized spacial score (nSPS) is 17.6. The van der Waals surface area contributed by atoms with Crippen LogP contribution in [0.4, 0.5) is 0 Å². The van der Waals surface area contributed by atoms with Gasteiger partial charge in [-0.3, -0.25) is 9.69 Å². The Bertz CT molecular complexity index is 445. The molecule has 1 aliphatic rings. The molecule has 1 amide bonds. The van der Waals surface area contributed by atoms with E-state index < -0.39 is 0 Å². The van der Waals surface area contributed by atoms with Crippen molar-refractivity contribution in [2.45, 2.75) is 26.8 Å². The lowest BCUT2D eigenvalue weighted by atomic mass is 10.2. The molecule has 1 aromatic rings. The third-order valence-corrected chi connectivity index (χ3v) is 4.04. The molecule has 0 aliphatic carbocycles. The summed E-state index contributed by atoms with van der Waals surface area (Å²) >= 11 is 0. The van der Waals surface area contributed by atoms with Crippen molar-refractivity contribution in [3.8, 4) is 0 Å². The smallest absolute Gasteiger partial charge is 0.237 e. The van der Waals surface area contributed by atoms with Crippen LogP contribution in [0.5, 0.6) is 0 Å². The fourth-order valence-electron chi connectivity index (χ4n) is 2.84. The highest BCUT2D eigenvalue weighted by Gasteiger charge is 2.21. The van der Waals surface area contributed by atoms with Gasteiger partial charge in [-0.1, -0.05) is 13.8 Å². The van der Waals surface area contributed by atoms with Gasteiger partial charge in [0.2, 0.25) is 5.91 Å². The van der Waals surface area contributed by atoms with Crippen LogP contribution in [0.3, 0.4) is 0 Å². The number of amides is 1. The summed E-state index contributed by atoms with van der Waals surface area (Å²) in [5.74, 6) is 1.51. The van der Waals surface area contributed by atoms with Gasteiger partial charge >= 0.3 is 0 Å². The number of furan rings is 1. The number of likely N-dealkylation sites (N-methyl/N-ethyl adjacent to an activating group) is 1. The van der Waals surface area contributed by atoms with Crippen molar-refractivity contribution in [3.05, 3.63) is 24.2 Å². The molecule has 0 bridgehead atoms. The van der Waals surface area contributed by atoms with E-state index >= 15 is 0 Å². The van der Waals surface area contributed by atoms with Crippen LogP contribution in [-0.2, 0) is 11.3 Å². The molecule has 5 heteroatoms. The average Bonchev–Trinajstić information content (AvgIpc) is 2.88. The van der Waals surface area contributed by atoms with Gasteiger partial charge in [0.15, 0.2) is 0 Å². The summed E-state index contributed by atoms with van der Waals surface area (Å²) in [5.41, 5.74) is 0. The molecule has 1 fully saturated rings. The first-order valence-corrected chi connectivity index (χ1v) is 8.25. The Balaban J connectivity index is 1.92. The number of hydrogen-bond donors (Lipinski definition) is 0. The zero-order valence-corrected chi connectivity index (χ0v) is 14.1. The van der Waals surface area contributed by atoms with E-state index in [-0.39, 0.29) is 5.91 Å². The van der Waals surface area contributed by atoms with Crippen molar-refractivity contribution in [2.75, 3.05) is 46.3 Å². The van der Waals surface area contributed by atoms with Gasteiger partial charge in [0.1, 0.15) is 5.76 Å². The molecule has 0 atom stereocenters. The summed E-state index contributed by atoms with van der Waals surface area (Å²) in [6.07, 6.45) is 2.80. The first-order chi connectivity index (χ1) is 10.5. The number of hydrogen-bond acceptors (Lipinski definition) is 4. The molecule has 5 nitrogen and oxygen atoms in total. The van der Waals surface area contributed by atoms with Gasteiger partial charge in [-0.05, 0) is 44.6 Å². The van der Waals surface area contributed by atoms with E-state index in [1.807, 2.05) is 17.0 Å². The summed E-state index contributed by atoms with van der Waals surface area (Å²) in [6.45, 7) is 10.3. The van der Waals surface area contributed by atoms with Crippen LogP contribution in [0.25, 0.3) is 0 Å². The van der Waals surface area contributed by atoms with Gasteiger partial charge in [-0.15, -0.1) is 0 Å². The van der Waals surface area contributed by atoms with Crippen LogP contribution in [-0.4, -0.2) is 66.9 Å². The molecule has 0 spiro atoms. The molecule has 0 radical (unpaired) electrons. The molecule has 1 aliphatic heterocycles. The standard InChI is InChI=1S/C17H29N3O2/c1-15(2)12-20(13-16-6-4-11-22-16)17(21)14-19-8-5-7-18(3)9-10-19/h4,6,11,15H,5,7-10,12-14H2,1-3H3. The molecule has 2 heterocycles. The van der Waals surface area contributed by atoms with Crippen molar-refractivity contribution in [1.82, 2.24) is 14.7 Å². The summed E-state index contributed by atoms with van der Waals surface area (Å²) in [4.78, 5) is 19.2. The molecule has 2 rings (SSSR count). The Morgan fingerprint density at radius 2 is 2.14 bits per heavy atom. The number of rotatable bonds is 6. The zero-order chi connectivity index (χ0) is 15.9. The number of carbonyl (C=O) groups is 1. The minimum Gasteiger partial charge on any atom is -0.467 e. The molecular weight excluding hydrogens is 278 g/mol. The Morgan fingerprint density at radius 3 is 2.82 bits per heavy atom. The molecule has 1 aromatic heterocycles. The van der Waals surface area contributed by atoms with E-state index in [1.54, 1.807) is 6.26 Å². The Kier molecular flexibility index (Phi) is 6.46. The lowest BCUT2D eigenvalue weighted by molar-refractivity contribution is -0.133. The first-order valence-electron chi connectivity index (χ1n) is 8.25. The summed E-state index contributed by atoms with van der Waals surface area (Å²) in [5, 5.41) is 0. The van der Waals surface area contributed by atoms with Gasteiger partial charge in [0.25, 0.3) is 0 Å². The predicted octanol–water partition coefficient (Wildman–Crippen LogP) is 1.90. The lowest BCUT2D eigenvalue weighted by Crippen LogP contribution is -2.42. The van der Waals surface area contributed by atoms with Crippen molar-refractivity contribution >= 4 is 5.91 Å². The maximum atomic E-state index is 12.7. The monoisotopic (exact) mass is 307 g/mol. The van der Waals surface area contributed by atoms with Crippen LogP contribution in [0.1, 0.15) is 26.0 Å². The molecule has 0 unspecified atom stereocenters. The van der Waals surface area contributed by atoms with Gasteiger partial charge in [-0.25, -0.2) is 0 Å². The molecular formula is C17H29N3O2. The second kappa shape index (κ2) is 8.34. The van der Waals surface area contributed by atoms with E-state index in [1.165, 1.54) is 0 Å². The van der Waals surface area contributed by atoms with Crippen LogP contribution in [0.2, 0.25) is 0 Å². The lowest BCUT2D eigenvalue weighted by Gasteiger charge is -2.27. The number of carbonyl (C=O) groups excluding carboxylic acids is 1. The predicted molar refractivity (Wildman–Crippen MR) is 87.5 cm³/mol. The Morgan fingerprint density at radius 1 is 1.32 bits per heavy atom. The summed E-state index contributed by atoms with van der Waals surface area (Å²) < 4.78 is 5.41. The molecule has 0 N–H and O–H groups in total. The average molecular weight is 307 g/mol. The van der Waals surface area contributed by atoms with Crippen LogP contribution in [0.15, 0.2) is 22.8 Å². The highest BCUT2D eigenvalue weighted by atomic mass is 16.3. The second-order valence-electron chi connectivity index (χ2n) is 6.68. The molecule has 1 saturated heterocycles. The zero-order valence-electron chi connectivity index (χ0n) is 14.1. The largest absolute Gasteiger partial charge is 0.467 e. The van der Waals surface area contributed by atoms with Crippen LogP contribution < -0.4 is 0 Å². The van der Waals surface area contributed by atoms with Crippen molar-refractivity contribution in [3.63, 3.8) is 0 Å². The fraction of sp³-hybridized carbons (Fsp3) is 0.706. The van der Waals surface area contributed by atoms with E-state index in [4.69, 9.17) is 4.42 Å². The molecule has 124 valence electrons. The third kappa shape index (κ3) is 5.46.